The largest absolute Gasteiger partial charge is 0.413 e. The number of amides is 1. The first-order valence-electron chi connectivity index (χ1n) is 7.80. The Morgan fingerprint density at radius 3 is 2.42 bits per heavy atom. The zero-order chi connectivity index (χ0) is 19.1. The van der Waals surface area contributed by atoms with E-state index in [0.29, 0.717) is 10.4 Å². The Balaban J connectivity index is 1.72. The lowest BCUT2D eigenvalue weighted by Crippen LogP contribution is -2.55. The maximum Gasteiger partial charge on any atom is 0.413 e. The Kier molecular flexibility index (Phi) is 4.96. The highest BCUT2D eigenvalue weighted by atomic mass is 79.9. The third-order valence-corrected chi connectivity index (χ3v) is 4.78. The number of hydrogen-bond acceptors (Lipinski definition) is 5. The normalized spacial score (nSPS) is 16.3. The van der Waals surface area contributed by atoms with E-state index < -0.39 is 24.0 Å². The zero-order valence-corrected chi connectivity index (χ0v) is 15.6. The second kappa shape index (κ2) is 6.90. The third kappa shape index (κ3) is 3.69. The van der Waals surface area contributed by atoms with Crippen molar-refractivity contribution in [3.8, 4) is 0 Å². The molecule has 1 aliphatic heterocycles. The summed E-state index contributed by atoms with van der Waals surface area (Å²) in [5.41, 5.74) is 0.0141. The quantitative estimate of drug-likeness (QED) is 0.741. The summed E-state index contributed by atoms with van der Waals surface area (Å²) < 4.78 is 46.7. The zero-order valence-electron chi connectivity index (χ0n) is 14.0. The molecule has 0 bridgehead atoms. The van der Waals surface area contributed by atoms with E-state index in [1.54, 1.807) is 11.8 Å². The average molecular weight is 433 g/mol. The maximum atomic E-state index is 13.6. The van der Waals surface area contributed by atoms with E-state index in [2.05, 4.69) is 26.1 Å². The van der Waals surface area contributed by atoms with Crippen molar-refractivity contribution < 1.29 is 22.4 Å². The van der Waals surface area contributed by atoms with Gasteiger partial charge in [-0.15, -0.1) is 5.10 Å². The molecular weight excluding hydrogens is 417 g/mol. The molecule has 1 aliphatic rings. The summed E-state index contributed by atoms with van der Waals surface area (Å²) in [5, 5.41) is 7.53. The van der Waals surface area contributed by atoms with Crippen LogP contribution in [0.15, 0.2) is 33.2 Å². The average Bonchev–Trinajstić information content (AvgIpc) is 2.92. The fourth-order valence-electron chi connectivity index (χ4n) is 2.90. The van der Waals surface area contributed by atoms with Gasteiger partial charge in [0, 0.05) is 31.5 Å². The van der Waals surface area contributed by atoms with Crippen LogP contribution in [0.1, 0.15) is 17.5 Å². The first-order valence-corrected chi connectivity index (χ1v) is 8.60. The van der Waals surface area contributed by atoms with Crippen LogP contribution >= 0.6 is 15.9 Å². The van der Waals surface area contributed by atoms with Gasteiger partial charge in [-0.1, -0.05) is 33.2 Å². The lowest BCUT2D eigenvalue weighted by Gasteiger charge is -2.40. The maximum absolute atomic E-state index is 13.6. The summed E-state index contributed by atoms with van der Waals surface area (Å²) in [6, 6.07) is 4.04. The van der Waals surface area contributed by atoms with E-state index in [-0.39, 0.29) is 24.7 Å². The Morgan fingerprint density at radius 2 is 1.92 bits per heavy atom. The van der Waals surface area contributed by atoms with Gasteiger partial charge in [-0.05, 0) is 17.7 Å². The van der Waals surface area contributed by atoms with E-state index in [1.807, 2.05) is 0 Å². The smallest absolute Gasteiger partial charge is 0.408 e. The topological polar surface area (TPSA) is 62.5 Å². The van der Waals surface area contributed by atoms with Crippen molar-refractivity contribution in [2.45, 2.75) is 19.1 Å². The third-order valence-electron chi connectivity index (χ3n) is 4.25. The minimum absolute atomic E-state index is 0.0141. The van der Waals surface area contributed by atoms with Crippen molar-refractivity contribution in [1.82, 2.24) is 15.1 Å². The van der Waals surface area contributed by atoms with Crippen LogP contribution < -0.4 is 4.90 Å². The van der Waals surface area contributed by atoms with Crippen molar-refractivity contribution in [3.63, 3.8) is 0 Å². The van der Waals surface area contributed by atoms with Crippen LogP contribution in [0.2, 0.25) is 0 Å². The Bertz CT molecular complexity index is 788. The molecule has 0 unspecified atom stereocenters. The summed E-state index contributed by atoms with van der Waals surface area (Å²) >= 11 is 3.20. The molecule has 1 aromatic carbocycles. The molecule has 1 amide bonds. The number of aryl methyl sites for hydroxylation is 1. The Morgan fingerprint density at radius 1 is 1.31 bits per heavy atom. The molecule has 0 N–H and O–H groups in total. The van der Waals surface area contributed by atoms with Crippen LogP contribution in [0, 0.1) is 12.8 Å². The molecule has 6 nitrogen and oxygen atoms in total. The highest BCUT2D eigenvalue weighted by Crippen LogP contribution is 2.38. The van der Waals surface area contributed by atoms with Gasteiger partial charge < -0.3 is 14.2 Å². The van der Waals surface area contributed by atoms with Gasteiger partial charge in [0.15, 0.2) is 6.04 Å². The molecule has 2 aromatic rings. The first kappa shape index (κ1) is 18.7. The van der Waals surface area contributed by atoms with Gasteiger partial charge in [0.25, 0.3) is 0 Å². The number of hydrogen-bond donors (Lipinski definition) is 0. The molecule has 2 heterocycles. The minimum Gasteiger partial charge on any atom is -0.408 e. The van der Waals surface area contributed by atoms with Crippen molar-refractivity contribution >= 4 is 27.9 Å². The highest BCUT2D eigenvalue weighted by molar-refractivity contribution is 9.10. The number of carbonyl (C=O) groups excluding carboxylic acids is 1. The Labute approximate surface area is 156 Å². The number of carbonyl (C=O) groups is 1. The number of nitrogens with zero attached hydrogens (tertiary/aromatic N) is 4. The van der Waals surface area contributed by atoms with Gasteiger partial charge >= 0.3 is 12.2 Å². The Hall–Kier alpha value is -2.10. The summed E-state index contributed by atoms with van der Waals surface area (Å²) in [6.45, 7) is 2.13. The van der Waals surface area contributed by atoms with Gasteiger partial charge in [-0.2, -0.15) is 13.2 Å². The molecule has 140 valence electrons. The van der Waals surface area contributed by atoms with E-state index in [4.69, 9.17) is 4.42 Å². The molecule has 1 aromatic heterocycles. The van der Waals surface area contributed by atoms with E-state index in [1.165, 1.54) is 31.3 Å². The molecule has 1 atom stereocenters. The number of rotatable bonds is 4. The van der Waals surface area contributed by atoms with Crippen molar-refractivity contribution in [2.75, 3.05) is 25.0 Å². The van der Waals surface area contributed by atoms with E-state index in [9.17, 15) is 18.0 Å². The van der Waals surface area contributed by atoms with Gasteiger partial charge in [-0.25, -0.2) is 0 Å². The number of benzene rings is 1. The van der Waals surface area contributed by atoms with Gasteiger partial charge in [0.2, 0.25) is 11.8 Å². The molecule has 3 rings (SSSR count). The van der Waals surface area contributed by atoms with E-state index >= 15 is 0 Å². The van der Waals surface area contributed by atoms with Crippen molar-refractivity contribution in [2.24, 2.45) is 5.92 Å². The summed E-state index contributed by atoms with van der Waals surface area (Å²) in [4.78, 5) is 15.0. The molecule has 0 radical (unpaired) electrons. The number of alkyl halides is 3. The summed E-state index contributed by atoms with van der Waals surface area (Å²) in [5.74, 6) is -0.727. The summed E-state index contributed by atoms with van der Waals surface area (Å²) in [7, 11) is 1.18. The SMILES string of the molecule is Cc1nnc(N2CC(C(=O)N(C)[C@@H](c3ccc(Br)cc3)C(F)(F)F)C2)o1. The van der Waals surface area contributed by atoms with Gasteiger partial charge in [0.1, 0.15) is 0 Å². The van der Waals surface area contributed by atoms with Crippen molar-refractivity contribution in [3.05, 3.63) is 40.2 Å². The minimum atomic E-state index is -4.58. The number of halogens is 4. The van der Waals surface area contributed by atoms with Crippen LogP contribution in [-0.4, -0.2) is 47.3 Å². The second-order valence-corrected chi connectivity index (χ2v) is 7.07. The van der Waals surface area contributed by atoms with Crippen LogP contribution in [0.25, 0.3) is 0 Å². The molecule has 10 heteroatoms. The lowest BCUT2D eigenvalue weighted by molar-refractivity contribution is -0.190. The standard InChI is InChI=1S/C16H16BrF3N4O2/c1-9-21-22-15(26-9)24-7-11(8-24)14(25)23(2)13(16(18,19)20)10-3-5-12(17)6-4-10/h3-6,11,13H,7-8H2,1-2H3/t13-/m0/s1. The van der Waals surface area contributed by atoms with Gasteiger partial charge in [0.05, 0.1) is 5.92 Å². The number of anilines is 1. The monoisotopic (exact) mass is 432 g/mol. The first-order chi connectivity index (χ1) is 12.2. The van der Waals surface area contributed by atoms with Crippen LogP contribution in [0.4, 0.5) is 19.2 Å². The molecule has 0 spiro atoms. The van der Waals surface area contributed by atoms with Crippen LogP contribution in [-0.2, 0) is 4.79 Å². The van der Waals surface area contributed by atoms with Crippen LogP contribution in [0.3, 0.4) is 0 Å². The van der Waals surface area contributed by atoms with Gasteiger partial charge in [-0.3, -0.25) is 4.79 Å². The highest BCUT2D eigenvalue weighted by Gasteiger charge is 2.48. The number of aromatic nitrogens is 2. The fraction of sp³-hybridized carbons (Fsp3) is 0.438. The van der Waals surface area contributed by atoms with Crippen molar-refractivity contribution in [1.29, 1.82) is 0 Å². The fourth-order valence-corrected chi connectivity index (χ4v) is 3.16. The second-order valence-electron chi connectivity index (χ2n) is 6.15. The van der Waals surface area contributed by atoms with Crippen LogP contribution in [0.5, 0.6) is 0 Å². The van der Waals surface area contributed by atoms with E-state index in [0.717, 1.165) is 4.90 Å². The summed E-state index contributed by atoms with van der Waals surface area (Å²) in [6.07, 6.45) is -4.58. The molecule has 1 saturated heterocycles. The molecule has 0 aliphatic carbocycles. The molecular formula is C16H16BrF3N4O2. The molecule has 26 heavy (non-hydrogen) atoms. The predicted molar refractivity (Wildman–Crippen MR) is 90.4 cm³/mol. The molecule has 0 saturated carbocycles. The lowest BCUT2D eigenvalue weighted by atomic mass is 9.97. The molecule has 1 fully saturated rings. The predicted octanol–water partition coefficient (Wildman–Crippen LogP) is 3.34.